The highest BCUT2D eigenvalue weighted by Gasteiger charge is 2.26. The van der Waals surface area contributed by atoms with Crippen molar-refractivity contribution in [2.75, 3.05) is 19.0 Å². The van der Waals surface area contributed by atoms with Gasteiger partial charge < -0.3 is 14.8 Å². The van der Waals surface area contributed by atoms with Gasteiger partial charge in [-0.2, -0.15) is 0 Å². The lowest BCUT2D eigenvalue weighted by atomic mass is 9.97. The Morgan fingerprint density at radius 2 is 1.63 bits per heavy atom. The van der Waals surface area contributed by atoms with Crippen molar-refractivity contribution in [3.8, 4) is 17.0 Å². The van der Waals surface area contributed by atoms with Gasteiger partial charge in [-0.05, 0) is 62.4 Å². The summed E-state index contributed by atoms with van der Waals surface area (Å²) in [7, 11) is 1.41. The molecular weight excluding hydrogens is 532 g/mol. The molecule has 1 amide bonds. The second kappa shape index (κ2) is 13.8. The zero-order valence-corrected chi connectivity index (χ0v) is 24.8. The molecule has 5 rings (SSSR count). The molecule has 2 aromatic carbocycles. The summed E-state index contributed by atoms with van der Waals surface area (Å²) in [6, 6.07) is 17.2. The second-order valence-electron chi connectivity index (χ2n) is 10.5. The topological polar surface area (TPSA) is 77.5 Å². The summed E-state index contributed by atoms with van der Waals surface area (Å²) in [5.74, 6) is 0.0915. The highest BCUT2D eigenvalue weighted by molar-refractivity contribution is 7.17. The van der Waals surface area contributed by atoms with E-state index in [1.165, 1.54) is 55.4 Å². The number of carbonyl (C=O) groups excluding carboxylic acids is 2. The van der Waals surface area contributed by atoms with Crippen LogP contribution in [0.5, 0.6) is 5.75 Å². The van der Waals surface area contributed by atoms with Crippen LogP contribution in [0.1, 0.15) is 89.4 Å². The van der Waals surface area contributed by atoms with E-state index in [0.717, 1.165) is 59.9 Å². The van der Waals surface area contributed by atoms with Crippen molar-refractivity contribution in [3.05, 3.63) is 76.2 Å². The molecule has 0 saturated heterocycles. The van der Waals surface area contributed by atoms with Crippen LogP contribution in [0.25, 0.3) is 22.2 Å². The van der Waals surface area contributed by atoms with Gasteiger partial charge >= 0.3 is 5.97 Å². The van der Waals surface area contributed by atoms with Gasteiger partial charge in [0.1, 0.15) is 10.8 Å². The number of esters is 1. The number of amides is 1. The van der Waals surface area contributed by atoms with E-state index in [9.17, 15) is 9.59 Å². The lowest BCUT2D eigenvalue weighted by Crippen LogP contribution is -2.15. The smallest absolute Gasteiger partial charge is 0.341 e. The van der Waals surface area contributed by atoms with Gasteiger partial charge in [0.2, 0.25) is 0 Å². The minimum Gasteiger partial charge on any atom is -0.494 e. The van der Waals surface area contributed by atoms with Gasteiger partial charge in [-0.1, -0.05) is 68.9 Å². The number of para-hydroxylation sites is 1. The summed E-state index contributed by atoms with van der Waals surface area (Å²) >= 11 is 1.53. The Morgan fingerprint density at radius 1 is 0.902 bits per heavy atom. The van der Waals surface area contributed by atoms with E-state index in [0.29, 0.717) is 28.4 Å². The Labute approximate surface area is 246 Å². The Balaban J connectivity index is 1.53. The van der Waals surface area contributed by atoms with E-state index in [4.69, 9.17) is 14.5 Å². The van der Waals surface area contributed by atoms with Gasteiger partial charge in [-0.25, -0.2) is 9.78 Å². The molecule has 0 atom stereocenters. The molecule has 0 fully saturated rings. The number of carbonyl (C=O) groups is 2. The molecule has 214 valence electrons. The largest absolute Gasteiger partial charge is 0.494 e. The van der Waals surface area contributed by atoms with Crippen molar-refractivity contribution in [2.45, 2.75) is 71.1 Å². The Morgan fingerprint density at radius 3 is 2.39 bits per heavy atom. The third kappa shape index (κ3) is 6.79. The Kier molecular flexibility index (Phi) is 9.67. The monoisotopic (exact) mass is 570 g/mol. The first kappa shape index (κ1) is 28.8. The lowest BCUT2D eigenvalue weighted by Gasteiger charge is -2.12. The summed E-state index contributed by atoms with van der Waals surface area (Å²) < 4.78 is 10.9. The zero-order valence-electron chi connectivity index (χ0n) is 24.0. The van der Waals surface area contributed by atoms with E-state index >= 15 is 0 Å². The number of benzene rings is 2. The van der Waals surface area contributed by atoms with Crippen LogP contribution in [-0.2, 0) is 17.6 Å². The van der Waals surface area contributed by atoms with Crippen LogP contribution in [0.15, 0.2) is 54.6 Å². The fraction of sp³-hybridized carbons (Fsp3) is 0.382. The molecule has 4 aromatic rings. The molecule has 1 aliphatic carbocycles. The minimum atomic E-state index is -0.391. The quantitative estimate of drug-likeness (QED) is 0.235. The Bertz CT molecular complexity index is 1530. The molecule has 0 aliphatic heterocycles. The third-order valence-corrected chi connectivity index (χ3v) is 8.90. The molecule has 6 nitrogen and oxygen atoms in total. The van der Waals surface area contributed by atoms with Crippen LogP contribution < -0.4 is 10.1 Å². The molecule has 1 N–H and O–H groups in total. The normalized spacial score (nSPS) is 14.4. The second-order valence-corrected chi connectivity index (χ2v) is 11.6. The number of aromatic nitrogens is 1. The first-order chi connectivity index (χ1) is 20.1. The molecule has 7 heteroatoms. The number of hydrogen-bond donors (Lipinski definition) is 1. The van der Waals surface area contributed by atoms with Gasteiger partial charge in [0.25, 0.3) is 5.91 Å². The van der Waals surface area contributed by atoms with E-state index < -0.39 is 5.97 Å². The number of nitrogens with zero attached hydrogens (tertiary/aromatic N) is 1. The van der Waals surface area contributed by atoms with Gasteiger partial charge in [-0.15, -0.1) is 11.3 Å². The molecule has 0 radical (unpaired) electrons. The van der Waals surface area contributed by atoms with E-state index in [1.54, 1.807) is 0 Å². The van der Waals surface area contributed by atoms with Crippen LogP contribution >= 0.6 is 11.3 Å². The number of anilines is 1. The van der Waals surface area contributed by atoms with Crippen LogP contribution in [0.2, 0.25) is 0 Å². The van der Waals surface area contributed by atoms with Crippen molar-refractivity contribution in [1.29, 1.82) is 0 Å². The lowest BCUT2D eigenvalue weighted by molar-refractivity contribution is 0.0601. The summed E-state index contributed by atoms with van der Waals surface area (Å²) in [6.45, 7) is 2.51. The maximum absolute atomic E-state index is 14.0. The standard InChI is InChI=1S/C34H38N2O4S/c1-3-40-24-16-14-15-23(21-24)29-22-27(25-17-12-13-19-28(25)35-29)32(37)36-33-31(34(38)39-2)26-18-10-8-6-4-5-7-9-11-20-30(26)41-33/h12-17,19,21-22H,3-11,18,20H2,1-2H3,(H,36,37). The van der Waals surface area contributed by atoms with Crippen LogP contribution in [0.3, 0.4) is 0 Å². The van der Waals surface area contributed by atoms with Gasteiger partial charge in [-0.3, -0.25) is 4.79 Å². The van der Waals surface area contributed by atoms with Gasteiger partial charge in [0.05, 0.1) is 36.1 Å². The first-order valence-electron chi connectivity index (χ1n) is 14.8. The molecular formula is C34H38N2O4S. The molecule has 41 heavy (non-hydrogen) atoms. The highest BCUT2D eigenvalue weighted by Crippen LogP contribution is 2.38. The number of fused-ring (bicyclic) bond motifs is 2. The number of methoxy groups -OCH3 is 1. The minimum absolute atomic E-state index is 0.270. The maximum Gasteiger partial charge on any atom is 0.341 e. The maximum atomic E-state index is 14.0. The predicted octanol–water partition coefficient (Wildman–Crippen LogP) is 8.62. The van der Waals surface area contributed by atoms with Crippen LogP contribution in [0, 0.1) is 0 Å². The summed E-state index contributed by atoms with van der Waals surface area (Å²) in [4.78, 5) is 33.1. The predicted molar refractivity (Wildman–Crippen MR) is 166 cm³/mol. The fourth-order valence-electron chi connectivity index (χ4n) is 5.63. The van der Waals surface area contributed by atoms with Gasteiger partial charge in [0.15, 0.2) is 0 Å². The summed E-state index contributed by atoms with van der Waals surface area (Å²) in [5, 5.41) is 4.45. The molecule has 0 unspecified atom stereocenters. The van der Waals surface area contributed by atoms with Crippen molar-refractivity contribution < 1.29 is 19.1 Å². The average molecular weight is 571 g/mol. The van der Waals surface area contributed by atoms with E-state index in [-0.39, 0.29) is 5.91 Å². The Hall–Kier alpha value is -3.71. The molecule has 0 bridgehead atoms. The number of aryl methyl sites for hydroxylation is 1. The third-order valence-electron chi connectivity index (χ3n) is 7.69. The number of hydrogen-bond acceptors (Lipinski definition) is 6. The van der Waals surface area contributed by atoms with E-state index in [1.807, 2.05) is 61.5 Å². The number of thiophene rings is 1. The summed E-state index contributed by atoms with van der Waals surface area (Å²) in [5.41, 5.74) is 4.34. The number of rotatable bonds is 6. The number of nitrogens with one attached hydrogen (secondary N) is 1. The average Bonchev–Trinajstić information content (AvgIpc) is 3.32. The molecule has 2 aromatic heterocycles. The zero-order chi connectivity index (χ0) is 28.6. The highest BCUT2D eigenvalue weighted by atomic mass is 32.1. The molecule has 0 spiro atoms. The molecule has 2 heterocycles. The van der Waals surface area contributed by atoms with Crippen molar-refractivity contribution in [3.63, 3.8) is 0 Å². The first-order valence-corrected chi connectivity index (χ1v) is 15.6. The fourth-order valence-corrected chi connectivity index (χ4v) is 6.90. The van der Waals surface area contributed by atoms with Crippen LogP contribution in [0.4, 0.5) is 5.00 Å². The molecule has 0 saturated carbocycles. The SMILES string of the molecule is CCOc1cccc(-c2cc(C(=O)Nc3sc4c(c3C(=O)OC)CCCCCCCCCC4)c3ccccc3n2)c1. The number of pyridine rings is 1. The van der Waals surface area contributed by atoms with Crippen molar-refractivity contribution in [2.24, 2.45) is 0 Å². The van der Waals surface area contributed by atoms with Crippen molar-refractivity contribution >= 4 is 39.1 Å². The summed E-state index contributed by atoms with van der Waals surface area (Å²) in [6.07, 6.45) is 11.2. The van der Waals surface area contributed by atoms with E-state index in [2.05, 4.69) is 5.32 Å². The number of ether oxygens (including phenoxy) is 2. The van der Waals surface area contributed by atoms with Crippen LogP contribution in [-0.4, -0.2) is 30.6 Å². The van der Waals surface area contributed by atoms with Gasteiger partial charge in [0, 0.05) is 15.8 Å². The molecule has 1 aliphatic rings. The van der Waals surface area contributed by atoms with Crippen molar-refractivity contribution in [1.82, 2.24) is 4.98 Å².